The van der Waals surface area contributed by atoms with E-state index < -0.39 is 23.5 Å². The van der Waals surface area contributed by atoms with E-state index in [2.05, 4.69) is 17.2 Å². The van der Waals surface area contributed by atoms with Gasteiger partial charge in [-0.1, -0.05) is 41.0 Å². The summed E-state index contributed by atoms with van der Waals surface area (Å²) in [6.07, 6.45) is 4.92. The first-order chi connectivity index (χ1) is 16.2. The standard InChI is InChI=1S/C28H44N2O4S/c1-16-9-8-10-28(7)14-20(28)12-22(17(2)11-21-15-35-19(4)29-21)30-24(32)13-23(31)27(5,6)26(34)18(3)25(16)33/h11,15-16,18,20,22-23,25,31,33H,8-10,12-14H2,1-7H3,(H,30,32)/b17-11+/t16?,18-,20-,22+,23+,25+,28+/m1/s1. The summed E-state index contributed by atoms with van der Waals surface area (Å²) in [5.74, 6) is -0.553. The van der Waals surface area contributed by atoms with Crippen LogP contribution in [0.2, 0.25) is 0 Å². The molecule has 1 unspecified atom stereocenters. The van der Waals surface area contributed by atoms with E-state index in [1.165, 1.54) is 0 Å². The molecule has 2 aliphatic rings. The van der Waals surface area contributed by atoms with Crippen LogP contribution in [0.15, 0.2) is 11.0 Å². The molecule has 2 fully saturated rings. The van der Waals surface area contributed by atoms with Crippen LogP contribution in [0.5, 0.6) is 0 Å². The molecule has 1 aromatic rings. The summed E-state index contributed by atoms with van der Waals surface area (Å²) >= 11 is 1.60. The van der Waals surface area contributed by atoms with Gasteiger partial charge in [0.25, 0.3) is 0 Å². The number of Topliss-reactive ketones (excluding diaryl/α,β-unsaturated/α-hetero) is 1. The van der Waals surface area contributed by atoms with Gasteiger partial charge in [0.15, 0.2) is 0 Å². The molecular formula is C28H44N2O4S. The molecule has 7 atom stereocenters. The Morgan fingerprint density at radius 1 is 1.23 bits per heavy atom. The predicted molar refractivity (Wildman–Crippen MR) is 141 cm³/mol. The van der Waals surface area contributed by atoms with Crippen molar-refractivity contribution >= 4 is 29.1 Å². The number of aryl methyl sites for hydroxylation is 1. The van der Waals surface area contributed by atoms with E-state index >= 15 is 0 Å². The van der Waals surface area contributed by atoms with Crippen LogP contribution in [0.4, 0.5) is 0 Å². The molecule has 1 saturated heterocycles. The van der Waals surface area contributed by atoms with E-state index in [-0.39, 0.29) is 35.5 Å². The van der Waals surface area contributed by atoms with Gasteiger partial charge in [-0.05, 0) is 68.4 Å². The molecule has 1 saturated carbocycles. The average Bonchev–Trinajstić information content (AvgIpc) is 3.22. The summed E-state index contributed by atoms with van der Waals surface area (Å²) in [4.78, 5) is 30.9. The van der Waals surface area contributed by atoms with Crippen LogP contribution < -0.4 is 5.32 Å². The van der Waals surface area contributed by atoms with Crippen LogP contribution in [0.25, 0.3) is 6.08 Å². The minimum atomic E-state index is -1.14. The number of carbonyl (C=O) groups is 2. The molecule has 196 valence electrons. The van der Waals surface area contributed by atoms with Gasteiger partial charge in [0.05, 0.1) is 40.8 Å². The van der Waals surface area contributed by atoms with Crippen LogP contribution in [0, 0.1) is 35.5 Å². The second-order valence-electron chi connectivity index (χ2n) is 12.0. The summed E-state index contributed by atoms with van der Waals surface area (Å²) in [5.41, 5.74) is 1.06. The first-order valence-electron chi connectivity index (χ1n) is 13.0. The van der Waals surface area contributed by atoms with Crippen molar-refractivity contribution in [3.05, 3.63) is 21.7 Å². The van der Waals surface area contributed by atoms with Crippen molar-refractivity contribution in [1.29, 1.82) is 0 Å². The van der Waals surface area contributed by atoms with Gasteiger partial charge in [0.1, 0.15) is 5.78 Å². The number of nitrogens with zero attached hydrogens (tertiary/aromatic N) is 1. The Hall–Kier alpha value is -1.57. The Balaban J connectivity index is 1.85. The minimum absolute atomic E-state index is 0.00149. The molecule has 2 heterocycles. The summed E-state index contributed by atoms with van der Waals surface area (Å²) < 4.78 is 0. The van der Waals surface area contributed by atoms with Crippen molar-refractivity contribution < 1.29 is 19.8 Å². The fourth-order valence-electron chi connectivity index (χ4n) is 5.68. The van der Waals surface area contributed by atoms with Crippen molar-refractivity contribution in [3.8, 4) is 0 Å². The van der Waals surface area contributed by atoms with Crippen LogP contribution in [-0.4, -0.2) is 45.1 Å². The van der Waals surface area contributed by atoms with Crippen molar-refractivity contribution in [2.24, 2.45) is 28.6 Å². The van der Waals surface area contributed by atoms with E-state index in [4.69, 9.17) is 0 Å². The highest BCUT2D eigenvalue weighted by Gasteiger charge is 2.50. The predicted octanol–water partition coefficient (Wildman–Crippen LogP) is 4.92. The van der Waals surface area contributed by atoms with Crippen molar-refractivity contribution in [1.82, 2.24) is 10.3 Å². The third kappa shape index (κ3) is 6.60. The van der Waals surface area contributed by atoms with E-state index in [0.717, 1.165) is 48.4 Å². The number of thiazole rings is 1. The number of rotatable bonds is 2. The largest absolute Gasteiger partial charge is 0.392 e. The maximum Gasteiger partial charge on any atom is 0.223 e. The molecule has 0 spiro atoms. The summed E-state index contributed by atoms with van der Waals surface area (Å²) in [5, 5.41) is 28.0. The number of aromatic nitrogens is 1. The highest BCUT2D eigenvalue weighted by molar-refractivity contribution is 7.09. The lowest BCUT2D eigenvalue weighted by molar-refractivity contribution is -0.143. The van der Waals surface area contributed by atoms with Crippen molar-refractivity contribution in [2.75, 3.05) is 0 Å². The molecule has 0 bridgehead atoms. The summed E-state index contributed by atoms with van der Waals surface area (Å²) in [6, 6.07) is -0.144. The van der Waals surface area contributed by atoms with Crippen LogP contribution in [0.3, 0.4) is 0 Å². The molecule has 0 aromatic carbocycles. The first-order valence-corrected chi connectivity index (χ1v) is 13.9. The van der Waals surface area contributed by atoms with E-state index in [1.807, 2.05) is 32.2 Å². The summed E-state index contributed by atoms with van der Waals surface area (Å²) in [7, 11) is 0. The number of aliphatic hydroxyl groups excluding tert-OH is 2. The average molecular weight is 505 g/mol. The van der Waals surface area contributed by atoms with Crippen molar-refractivity contribution in [2.45, 2.75) is 105 Å². The number of fused-ring (bicyclic) bond motifs is 1. The molecular weight excluding hydrogens is 460 g/mol. The summed E-state index contributed by atoms with van der Waals surface area (Å²) in [6.45, 7) is 13.4. The Bertz CT molecular complexity index is 955. The molecule has 0 radical (unpaired) electrons. The second-order valence-corrected chi connectivity index (χ2v) is 13.1. The number of carbonyl (C=O) groups excluding carboxylic acids is 2. The molecule has 1 aliphatic carbocycles. The first kappa shape index (κ1) is 28.0. The van der Waals surface area contributed by atoms with Gasteiger partial charge in [-0.25, -0.2) is 4.98 Å². The lowest BCUT2D eigenvalue weighted by atomic mass is 9.72. The topological polar surface area (TPSA) is 99.5 Å². The van der Waals surface area contributed by atoms with Crippen LogP contribution in [0.1, 0.15) is 90.8 Å². The van der Waals surface area contributed by atoms with Crippen molar-refractivity contribution in [3.63, 3.8) is 0 Å². The zero-order valence-electron chi connectivity index (χ0n) is 22.4. The fourth-order valence-corrected chi connectivity index (χ4v) is 6.25. The molecule has 6 nitrogen and oxygen atoms in total. The monoisotopic (exact) mass is 504 g/mol. The molecule has 1 amide bonds. The van der Waals surface area contributed by atoms with Gasteiger partial charge in [-0.3, -0.25) is 9.59 Å². The number of hydrogen-bond acceptors (Lipinski definition) is 6. The maximum absolute atomic E-state index is 13.3. The number of hydrogen-bond donors (Lipinski definition) is 3. The zero-order valence-corrected chi connectivity index (χ0v) is 23.2. The Kier molecular flexibility index (Phi) is 8.65. The molecule has 1 aromatic heterocycles. The maximum atomic E-state index is 13.3. The number of nitrogens with one attached hydrogen (secondary N) is 1. The lowest BCUT2D eigenvalue weighted by Crippen LogP contribution is -2.47. The highest BCUT2D eigenvalue weighted by Crippen LogP contribution is 2.58. The third-order valence-corrected chi connectivity index (χ3v) is 9.51. The van der Waals surface area contributed by atoms with Gasteiger partial charge in [-0.15, -0.1) is 11.3 Å². The van der Waals surface area contributed by atoms with Crippen LogP contribution in [-0.2, 0) is 9.59 Å². The molecule has 3 N–H and O–H groups in total. The Labute approximate surface area is 214 Å². The Morgan fingerprint density at radius 2 is 1.91 bits per heavy atom. The van der Waals surface area contributed by atoms with E-state index in [0.29, 0.717) is 5.92 Å². The molecule has 1 aliphatic heterocycles. The SMILES string of the molecule is C/C(=C\c1csc(C)n1)[C@@H]1C[C@@H]2C[C@]2(C)CCCC(C)[C@H](O)[C@@H](C)C(=O)C(C)(C)[C@@H](O)CC(=O)N1. The smallest absolute Gasteiger partial charge is 0.223 e. The zero-order chi connectivity index (χ0) is 26.1. The lowest BCUT2D eigenvalue weighted by Gasteiger charge is -2.35. The van der Waals surface area contributed by atoms with E-state index in [1.54, 1.807) is 32.1 Å². The number of ketones is 1. The molecule has 35 heavy (non-hydrogen) atoms. The van der Waals surface area contributed by atoms with E-state index in [9.17, 15) is 19.8 Å². The molecule has 3 rings (SSSR count). The minimum Gasteiger partial charge on any atom is -0.392 e. The van der Waals surface area contributed by atoms with Gasteiger partial charge in [0, 0.05) is 11.3 Å². The normalized spacial score (nSPS) is 37.5. The number of amides is 1. The van der Waals surface area contributed by atoms with Gasteiger partial charge >= 0.3 is 0 Å². The van der Waals surface area contributed by atoms with Crippen LogP contribution >= 0.6 is 11.3 Å². The highest BCUT2D eigenvalue weighted by atomic mass is 32.1. The van der Waals surface area contributed by atoms with Gasteiger partial charge in [0.2, 0.25) is 5.91 Å². The van der Waals surface area contributed by atoms with Gasteiger partial charge in [-0.2, -0.15) is 0 Å². The quantitative estimate of drug-likeness (QED) is 0.531. The fraction of sp³-hybridized carbons (Fsp3) is 0.750. The Morgan fingerprint density at radius 3 is 2.54 bits per heavy atom. The second kappa shape index (κ2) is 10.8. The van der Waals surface area contributed by atoms with Gasteiger partial charge < -0.3 is 15.5 Å². The number of aliphatic hydroxyl groups is 2. The third-order valence-electron chi connectivity index (χ3n) is 8.72. The molecule has 7 heteroatoms.